The third-order valence-corrected chi connectivity index (χ3v) is 2.90. The van der Waals surface area contributed by atoms with Gasteiger partial charge >= 0.3 is 0 Å². The van der Waals surface area contributed by atoms with Gasteiger partial charge in [0.15, 0.2) is 0 Å². The van der Waals surface area contributed by atoms with Crippen LogP contribution in [-0.2, 0) is 4.74 Å². The van der Waals surface area contributed by atoms with Gasteiger partial charge in [-0.1, -0.05) is 0 Å². The first kappa shape index (κ1) is 14.2. The summed E-state index contributed by atoms with van der Waals surface area (Å²) in [6, 6.07) is 0. The lowest BCUT2D eigenvalue weighted by molar-refractivity contribution is 0.122. The first-order chi connectivity index (χ1) is 9.15. The summed E-state index contributed by atoms with van der Waals surface area (Å²) < 4.78 is 5.28. The van der Waals surface area contributed by atoms with E-state index in [0.717, 1.165) is 13.1 Å². The molecule has 8 heteroatoms. The van der Waals surface area contributed by atoms with Crippen LogP contribution in [0.25, 0.3) is 0 Å². The van der Waals surface area contributed by atoms with Crippen molar-refractivity contribution in [3.8, 4) is 0 Å². The van der Waals surface area contributed by atoms with Crippen molar-refractivity contribution in [3.63, 3.8) is 0 Å². The third-order valence-electron chi connectivity index (χ3n) is 2.74. The molecule has 1 fully saturated rings. The molecule has 0 bridgehead atoms. The topological polar surface area (TPSA) is 83.4 Å². The molecular weight excluding hydrogens is 270 g/mol. The van der Waals surface area contributed by atoms with Gasteiger partial charge in [-0.25, -0.2) is 0 Å². The van der Waals surface area contributed by atoms with Crippen molar-refractivity contribution in [2.75, 3.05) is 43.1 Å². The molecule has 19 heavy (non-hydrogen) atoms. The van der Waals surface area contributed by atoms with Crippen LogP contribution in [0.1, 0.15) is 13.3 Å². The molecule has 0 aliphatic carbocycles. The predicted octanol–water partition coefficient (Wildman–Crippen LogP) is 0.544. The monoisotopic (exact) mass is 287 g/mol. The number of halogens is 1. The Kier molecular flexibility index (Phi) is 5.12. The van der Waals surface area contributed by atoms with Gasteiger partial charge < -0.3 is 20.1 Å². The molecule has 1 aliphatic rings. The van der Waals surface area contributed by atoms with Gasteiger partial charge in [0, 0.05) is 19.6 Å². The largest absolute Gasteiger partial charge is 0.393 e. The Hall–Kier alpha value is -1.18. The van der Waals surface area contributed by atoms with E-state index in [1.807, 2.05) is 4.90 Å². The second-order valence-corrected chi connectivity index (χ2v) is 4.73. The van der Waals surface area contributed by atoms with E-state index in [1.165, 1.54) is 0 Å². The lowest BCUT2D eigenvalue weighted by Crippen LogP contribution is -2.37. The summed E-state index contributed by atoms with van der Waals surface area (Å²) in [6.45, 7) is 5.13. The number of ether oxygens (including phenoxy) is 1. The number of hydrogen-bond donors (Lipinski definition) is 2. The first-order valence-corrected chi connectivity index (χ1v) is 6.69. The van der Waals surface area contributed by atoms with Gasteiger partial charge in [-0.2, -0.15) is 15.0 Å². The number of aromatic nitrogens is 3. The van der Waals surface area contributed by atoms with E-state index in [2.05, 4.69) is 20.3 Å². The van der Waals surface area contributed by atoms with E-state index in [1.54, 1.807) is 6.92 Å². The molecule has 2 heterocycles. The summed E-state index contributed by atoms with van der Waals surface area (Å²) >= 11 is 5.90. The molecule has 0 radical (unpaired) electrons. The Morgan fingerprint density at radius 3 is 2.79 bits per heavy atom. The molecule has 0 saturated carbocycles. The predicted molar refractivity (Wildman–Crippen MR) is 72.7 cm³/mol. The number of nitrogens with one attached hydrogen (secondary N) is 1. The second kappa shape index (κ2) is 6.83. The van der Waals surface area contributed by atoms with Crippen LogP contribution >= 0.6 is 11.6 Å². The van der Waals surface area contributed by atoms with E-state index in [4.69, 9.17) is 16.3 Å². The lowest BCUT2D eigenvalue weighted by atomic mass is 10.3. The Bertz CT molecular complexity index is 412. The molecule has 0 spiro atoms. The Labute approximate surface area is 117 Å². The quantitative estimate of drug-likeness (QED) is 0.818. The van der Waals surface area contributed by atoms with Crippen LogP contribution in [-0.4, -0.2) is 59.0 Å². The van der Waals surface area contributed by atoms with E-state index in [-0.39, 0.29) is 11.4 Å². The van der Waals surface area contributed by atoms with Crippen molar-refractivity contribution in [2.45, 2.75) is 19.4 Å². The van der Waals surface area contributed by atoms with Crippen LogP contribution in [0.4, 0.5) is 11.9 Å². The molecule has 0 aromatic carbocycles. The van der Waals surface area contributed by atoms with Gasteiger partial charge in [-0.3, -0.25) is 0 Å². The zero-order valence-corrected chi connectivity index (χ0v) is 11.6. The molecule has 2 rings (SSSR count). The van der Waals surface area contributed by atoms with Gasteiger partial charge in [0.25, 0.3) is 0 Å². The van der Waals surface area contributed by atoms with Crippen molar-refractivity contribution in [1.82, 2.24) is 15.0 Å². The number of nitrogens with zero attached hydrogens (tertiary/aromatic N) is 4. The maximum absolute atomic E-state index is 9.20. The van der Waals surface area contributed by atoms with Crippen molar-refractivity contribution in [1.29, 1.82) is 0 Å². The van der Waals surface area contributed by atoms with Gasteiger partial charge in [0.05, 0.1) is 19.3 Å². The highest BCUT2D eigenvalue weighted by Crippen LogP contribution is 2.15. The molecule has 1 aromatic rings. The Balaban J connectivity index is 2.01. The molecule has 2 N–H and O–H groups in total. The van der Waals surface area contributed by atoms with Gasteiger partial charge in [0.2, 0.25) is 17.2 Å². The summed E-state index contributed by atoms with van der Waals surface area (Å²) in [5, 5.41) is 12.4. The smallest absolute Gasteiger partial charge is 0.231 e. The van der Waals surface area contributed by atoms with Crippen molar-refractivity contribution >= 4 is 23.5 Å². The molecule has 106 valence electrons. The number of rotatable bonds is 5. The minimum atomic E-state index is -0.358. The summed E-state index contributed by atoms with van der Waals surface area (Å²) in [7, 11) is 0. The molecule has 7 nitrogen and oxygen atoms in total. The van der Waals surface area contributed by atoms with E-state index in [9.17, 15) is 5.11 Å². The maximum Gasteiger partial charge on any atom is 0.231 e. The molecule has 1 unspecified atom stereocenters. The maximum atomic E-state index is 9.20. The Morgan fingerprint density at radius 1 is 1.37 bits per heavy atom. The molecule has 1 atom stereocenters. The molecule has 1 aromatic heterocycles. The fourth-order valence-corrected chi connectivity index (χ4v) is 1.87. The first-order valence-electron chi connectivity index (χ1n) is 6.31. The average molecular weight is 288 g/mol. The van der Waals surface area contributed by atoms with Gasteiger partial charge in [-0.15, -0.1) is 0 Å². The minimum Gasteiger partial charge on any atom is -0.393 e. The van der Waals surface area contributed by atoms with Crippen LogP contribution in [0.2, 0.25) is 5.28 Å². The van der Waals surface area contributed by atoms with Crippen LogP contribution < -0.4 is 10.2 Å². The van der Waals surface area contributed by atoms with Crippen LogP contribution in [0.3, 0.4) is 0 Å². The van der Waals surface area contributed by atoms with Crippen LogP contribution in [0, 0.1) is 0 Å². The van der Waals surface area contributed by atoms with Gasteiger partial charge in [0.1, 0.15) is 0 Å². The molecular formula is C11H18ClN5O2. The number of morpholine rings is 1. The van der Waals surface area contributed by atoms with E-state index < -0.39 is 0 Å². The fourth-order valence-electron chi connectivity index (χ4n) is 1.72. The van der Waals surface area contributed by atoms with E-state index in [0.29, 0.717) is 38.1 Å². The number of aliphatic hydroxyl groups is 1. The molecule has 1 aliphatic heterocycles. The standard InChI is InChI=1S/C11H18ClN5O2/c1-8(18)2-3-13-10-14-9(12)15-11(16-10)17-4-6-19-7-5-17/h8,18H,2-7H2,1H3,(H,13,14,15,16). The highest BCUT2D eigenvalue weighted by atomic mass is 35.5. The van der Waals surface area contributed by atoms with Crippen LogP contribution in [0.15, 0.2) is 0 Å². The SMILES string of the molecule is CC(O)CCNc1nc(Cl)nc(N2CCOCC2)n1. The fraction of sp³-hybridized carbons (Fsp3) is 0.727. The normalized spacial score (nSPS) is 17.3. The number of hydrogen-bond acceptors (Lipinski definition) is 7. The second-order valence-electron chi connectivity index (χ2n) is 4.39. The number of anilines is 2. The minimum absolute atomic E-state index is 0.163. The van der Waals surface area contributed by atoms with Crippen molar-refractivity contribution in [2.24, 2.45) is 0 Å². The van der Waals surface area contributed by atoms with Crippen molar-refractivity contribution < 1.29 is 9.84 Å². The summed E-state index contributed by atoms with van der Waals surface area (Å²) in [4.78, 5) is 14.5. The zero-order valence-electron chi connectivity index (χ0n) is 10.8. The summed E-state index contributed by atoms with van der Waals surface area (Å²) in [5.74, 6) is 0.991. The molecule has 1 saturated heterocycles. The van der Waals surface area contributed by atoms with Crippen molar-refractivity contribution in [3.05, 3.63) is 5.28 Å². The summed E-state index contributed by atoms with van der Waals surface area (Å²) in [6.07, 6.45) is 0.263. The highest BCUT2D eigenvalue weighted by Gasteiger charge is 2.15. The van der Waals surface area contributed by atoms with Crippen LogP contribution in [0.5, 0.6) is 0 Å². The average Bonchev–Trinajstić information content (AvgIpc) is 2.39. The number of aliphatic hydroxyl groups excluding tert-OH is 1. The zero-order chi connectivity index (χ0) is 13.7. The third kappa shape index (κ3) is 4.45. The van der Waals surface area contributed by atoms with Gasteiger partial charge in [-0.05, 0) is 24.9 Å². The van der Waals surface area contributed by atoms with E-state index >= 15 is 0 Å². The summed E-state index contributed by atoms with van der Waals surface area (Å²) in [5.41, 5.74) is 0. The lowest BCUT2D eigenvalue weighted by Gasteiger charge is -2.26. The Morgan fingerprint density at radius 2 is 2.11 bits per heavy atom. The highest BCUT2D eigenvalue weighted by molar-refractivity contribution is 6.28. The molecule has 0 amide bonds.